The van der Waals surface area contributed by atoms with Crippen molar-refractivity contribution in [2.24, 2.45) is 0 Å². The predicted octanol–water partition coefficient (Wildman–Crippen LogP) is 3.77. The molecule has 1 N–H and O–H groups in total. The molecule has 6 nitrogen and oxygen atoms in total. The zero-order chi connectivity index (χ0) is 21.5. The lowest BCUT2D eigenvalue weighted by molar-refractivity contribution is -0.120. The van der Waals surface area contributed by atoms with E-state index in [4.69, 9.17) is 9.47 Å². The van der Waals surface area contributed by atoms with Gasteiger partial charge in [0.2, 0.25) is 5.91 Å². The van der Waals surface area contributed by atoms with Gasteiger partial charge in [-0.25, -0.2) is 0 Å². The Morgan fingerprint density at radius 3 is 2.39 bits per heavy atom. The first kappa shape index (κ1) is 21.7. The molecular formula is C25H33N3O3. The van der Waals surface area contributed by atoms with Crippen molar-refractivity contribution in [3.05, 3.63) is 54.1 Å². The molecule has 2 heterocycles. The third kappa shape index (κ3) is 5.99. The zero-order valence-electron chi connectivity index (χ0n) is 18.4. The largest absolute Gasteiger partial charge is 0.497 e. The van der Waals surface area contributed by atoms with Gasteiger partial charge in [-0.2, -0.15) is 0 Å². The Kier molecular flexibility index (Phi) is 7.43. The van der Waals surface area contributed by atoms with Gasteiger partial charge in [0.15, 0.2) is 0 Å². The average Bonchev–Trinajstić information content (AvgIpc) is 3.48. The van der Waals surface area contributed by atoms with Crippen molar-refractivity contribution < 1.29 is 14.3 Å². The Morgan fingerprint density at radius 1 is 0.968 bits per heavy atom. The number of hydrogen-bond donors (Lipinski definition) is 1. The molecule has 1 atom stereocenters. The van der Waals surface area contributed by atoms with E-state index >= 15 is 0 Å². The zero-order valence-corrected chi connectivity index (χ0v) is 18.4. The van der Waals surface area contributed by atoms with E-state index < -0.39 is 0 Å². The van der Waals surface area contributed by atoms with E-state index in [0.29, 0.717) is 6.61 Å². The standard InChI is InChI=1S/C25H33N3O3/c1-30-22-10-6-20(7-11-22)19-28-16-4-5-24(28)25(29)26-21-8-12-23(13-9-21)31-18-17-27-14-2-3-15-27/h6-13,24H,2-5,14-19H2,1H3,(H,26,29). The van der Waals surface area contributed by atoms with E-state index in [1.807, 2.05) is 36.4 Å². The van der Waals surface area contributed by atoms with Crippen molar-refractivity contribution >= 4 is 11.6 Å². The molecule has 0 aliphatic carbocycles. The maximum Gasteiger partial charge on any atom is 0.241 e. The number of nitrogens with one attached hydrogen (secondary N) is 1. The third-order valence-electron chi connectivity index (χ3n) is 6.21. The Bertz CT molecular complexity index is 832. The normalized spacial score (nSPS) is 19.5. The molecule has 0 spiro atoms. The Labute approximate surface area is 185 Å². The molecule has 6 heteroatoms. The van der Waals surface area contributed by atoms with Crippen LogP contribution >= 0.6 is 0 Å². The van der Waals surface area contributed by atoms with Crippen LogP contribution in [0.1, 0.15) is 31.2 Å². The molecule has 2 aliphatic rings. The quantitative estimate of drug-likeness (QED) is 0.665. The first-order valence-corrected chi connectivity index (χ1v) is 11.3. The molecule has 4 rings (SSSR count). The second kappa shape index (κ2) is 10.6. The van der Waals surface area contributed by atoms with Crippen LogP contribution in [-0.2, 0) is 11.3 Å². The molecule has 2 aromatic rings. The van der Waals surface area contributed by atoms with Crippen LogP contribution < -0.4 is 14.8 Å². The summed E-state index contributed by atoms with van der Waals surface area (Å²) < 4.78 is 11.1. The highest BCUT2D eigenvalue weighted by Gasteiger charge is 2.30. The van der Waals surface area contributed by atoms with E-state index in [0.717, 1.165) is 49.7 Å². The van der Waals surface area contributed by atoms with E-state index in [2.05, 4.69) is 27.2 Å². The minimum absolute atomic E-state index is 0.0636. The molecule has 1 unspecified atom stereocenters. The highest BCUT2D eigenvalue weighted by atomic mass is 16.5. The van der Waals surface area contributed by atoms with Gasteiger partial charge >= 0.3 is 0 Å². The van der Waals surface area contributed by atoms with Crippen LogP contribution in [0.25, 0.3) is 0 Å². The fourth-order valence-corrected chi connectivity index (χ4v) is 4.44. The van der Waals surface area contributed by atoms with E-state index in [1.54, 1.807) is 7.11 Å². The van der Waals surface area contributed by atoms with Crippen LogP contribution in [0.5, 0.6) is 11.5 Å². The number of carbonyl (C=O) groups is 1. The predicted molar refractivity (Wildman–Crippen MR) is 123 cm³/mol. The summed E-state index contributed by atoms with van der Waals surface area (Å²) in [4.78, 5) is 17.6. The van der Waals surface area contributed by atoms with E-state index in [9.17, 15) is 4.79 Å². The van der Waals surface area contributed by atoms with Gasteiger partial charge in [-0.1, -0.05) is 12.1 Å². The SMILES string of the molecule is COc1ccc(CN2CCCC2C(=O)Nc2ccc(OCCN3CCCC3)cc2)cc1. The number of benzene rings is 2. The van der Waals surface area contributed by atoms with Crippen molar-refractivity contribution in [3.63, 3.8) is 0 Å². The van der Waals surface area contributed by atoms with Gasteiger partial charge in [0, 0.05) is 18.8 Å². The number of carbonyl (C=O) groups excluding carboxylic acids is 1. The molecule has 0 aromatic heterocycles. The molecule has 2 aliphatic heterocycles. The maximum absolute atomic E-state index is 12.9. The third-order valence-corrected chi connectivity index (χ3v) is 6.21. The van der Waals surface area contributed by atoms with Crippen molar-refractivity contribution in [3.8, 4) is 11.5 Å². The molecule has 0 bridgehead atoms. The highest BCUT2D eigenvalue weighted by molar-refractivity contribution is 5.95. The van der Waals surface area contributed by atoms with Crippen LogP contribution in [0.3, 0.4) is 0 Å². The van der Waals surface area contributed by atoms with Crippen molar-refractivity contribution in [1.82, 2.24) is 9.80 Å². The summed E-state index contributed by atoms with van der Waals surface area (Å²) in [6, 6.07) is 15.7. The minimum atomic E-state index is -0.0986. The highest BCUT2D eigenvalue weighted by Crippen LogP contribution is 2.23. The molecule has 1 amide bonds. The summed E-state index contributed by atoms with van der Waals surface area (Å²) in [6.07, 6.45) is 4.53. The summed E-state index contributed by atoms with van der Waals surface area (Å²) >= 11 is 0. The molecular weight excluding hydrogens is 390 g/mol. The second-order valence-corrected chi connectivity index (χ2v) is 8.39. The monoisotopic (exact) mass is 423 g/mol. The molecule has 2 fully saturated rings. The maximum atomic E-state index is 12.9. The Balaban J connectivity index is 1.26. The number of methoxy groups -OCH3 is 1. The molecule has 2 aromatic carbocycles. The topological polar surface area (TPSA) is 54.0 Å². The number of rotatable bonds is 9. The number of hydrogen-bond acceptors (Lipinski definition) is 5. The lowest BCUT2D eigenvalue weighted by Crippen LogP contribution is -2.39. The molecule has 31 heavy (non-hydrogen) atoms. The number of likely N-dealkylation sites (tertiary alicyclic amines) is 2. The summed E-state index contributed by atoms with van der Waals surface area (Å²) in [5.74, 6) is 1.76. The number of anilines is 1. The van der Waals surface area contributed by atoms with Crippen molar-refractivity contribution in [2.45, 2.75) is 38.3 Å². The summed E-state index contributed by atoms with van der Waals surface area (Å²) in [5.41, 5.74) is 2.00. The average molecular weight is 424 g/mol. The van der Waals surface area contributed by atoms with Crippen molar-refractivity contribution in [2.75, 3.05) is 45.2 Å². The fourth-order valence-electron chi connectivity index (χ4n) is 4.44. The van der Waals surface area contributed by atoms with Gasteiger partial charge in [-0.3, -0.25) is 14.6 Å². The molecule has 0 saturated carbocycles. The lowest BCUT2D eigenvalue weighted by Gasteiger charge is -2.24. The number of nitrogens with zero attached hydrogens (tertiary/aromatic N) is 2. The summed E-state index contributed by atoms with van der Waals surface area (Å²) in [5, 5.41) is 3.08. The van der Waals surface area contributed by atoms with Crippen LogP contribution in [0.2, 0.25) is 0 Å². The van der Waals surface area contributed by atoms with Crippen LogP contribution in [0.15, 0.2) is 48.5 Å². The van der Waals surface area contributed by atoms with Gasteiger partial charge in [-0.15, -0.1) is 0 Å². The fraction of sp³-hybridized carbons (Fsp3) is 0.480. The number of ether oxygens (including phenoxy) is 2. The van der Waals surface area contributed by atoms with Gasteiger partial charge in [0.05, 0.1) is 13.2 Å². The van der Waals surface area contributed by atoms with Gasteiger partial charge < -0.3 is 14.8 Å². The smallest absolute Gasteiger partial charge is 0.241 e. The second-order valence-electron chi connectivity index (χ2n) is 8.39. The summed E-state index contributed by atoms with van der Waals surface area (Å²) in [7, 11) is 1.67. The number of amides is 1. The van der Waals surface area contributed by atoms with Crippen LogP contribution in [0, 0.1) is 0 Å². The lowest BCUT2D eigenvalue weighted by atomic mass is 10.1. The first-order valence-electron chi connectivity index (χ1n) is 11.3. The van der Waals surface area contributed by atoms with Crippen LogP contribution in [-0.4, -0.2) is 61.6 Å². The van der Waals surface area contributed by atoms with Gasteiger partial charge in [0.1, 0.15) is 18.1 Å². The van der Waals surface area contributed by atoms with E-state index in [-0.39, 0.29) is 11.9 Å². The molecule has 2 saturated heterocycles. The van der Waals surface area contributed by atoms with E-state index in [1.165, 1.54) is 31.5 Å². The molecule has 0 radical (unpaired) electrons. The Morgan fingerprint density at radius 2 is 1.68 bits per heavy atom. The van der Waals surface area contributed by atoms with Crippen molar-refractivity contribution in [1.29, 1.82) is 0 Å². The van der Waals surface area contributed by atoms with Crippen LogP contribution in [0.4, 0.5) is 5.69 Å². The molecule has 166 valence electrons. The summed E-state index contributed by atoms with van der Waals surface area (Å²) in [6.45, 7) is 5.76. The first-order chi connectivity index (χ1) is 15.2. The minimum Gasteiger partial charge on any atom is -0.497 e. The Hall–Kier alpha value is -2.57. The van der Waals surface area contributed by atoms with Gasteiger partial charge in [0.25, 0.3) is 0 Å². The van der Waals surface area contributed by atoms with Gasteiger partial charge in [-0.05, 0) is 87.3 Å².